The Morgan fingerprint density at radius 2 is 1.17 bits per heavy atom. The molecular formula is C44H48F9N9O3. The Balaban J connectivity index is 0.000000181. The smallest absolute Gasteiger partial charge is 0.337 e. The highest BCUT2D eigenvalue weighted by Crippen LogP contribution is 2.43. The molecule has 0 radical (unpaired) electrons. The van der Waals surface area contributed by atoms with E-state index >= 15 is 0 Å². The van der Waals surface area contributed by atoms with Gasteiger partial charge in [-0.1, -0.05) is 12.1 Å². The SMILES string of the molecule is Cc1cc(F)c(C(F)(F)F)c(C2CCN(C(=O)c3n[nH]c4c3CCCC4)CC2)c1.O=C(c1n[nH]c2c1CN(C(=O)N1CCNCC1)C2)N1CCC(c2ccc(F)c(F)c2C(F)(F)F)CC1. The minimum atomic E-state index is -5.03. The summed E-state index contributed by atoms with van der Waals surface area (Å²) in [6.45, 7) is 5.76. The molecule has 5 aliphatic rings. The summed E-state index contributed by atoms with van der Waals surface area (Å²) in [7, 11) is 0. The lowest BCUT2D eigenvalue weighted by Crippen LogP contribution is -2.50. The molecule has 0 bridgehead atoms. The number of amides is 4. The molecule has 2 aromatic heterocycles. The van der Waals surface area contributed by atoms with Crippen LogP contribution in [0.15, 0.2) is 24.3 Å². The number of aromatic amines is 2. The molecule has 3 N–H and O–H groups in total. The minimum absolute atomic E-state index is 0.000697. The topological polar surface area (TPSA) is 134 Å². The van der Waals surface area contributed by atoms with Gasteiger partial charge in [-0.15, -0.1) is 0 Å². The quantitative estimate of drug-likeness (QED) is 0.179. The molecule has 350 valence electrons. The minimum Gasteiger partial charge on any atom is -0.337 e. The maximum atomic E-state index is 14.1. The standard InChI is InChI=1S/C23H25F5N6O2.C21H23F4N3O/c24-16-2-1-14(18(19(16)25)23(26,27)28)13-3-7-32(8-4-13)21(35)20-15-11-34(12-17(15)30-31-20)22(36)33-9-5-29-6-10-33;1-12-10-15(18(16(22)11-12)21(23,24)25)13-6-8-28(9-7-13)20(29)19-14-4-2-3-5-17(14)26-27-19/h1-2,13,29H,3-12H2,(H,30,31);10-11,13H,2-9H2,1H3,(H,26,27). The van der Waals surface area contributed by atoms with Crippen LogP contribution >= 0.6 is 0 Å². The zero-order valence-electron chi connectivity index (χ0n) is 35.5. The van der Waals surface area contributed by atoms with Crippen LogP contribution in [0, 0.1) is 24.4 Å². The fraction of sp³-hybridized carbons (Fsp3) is 0.523. The number of urea groups is 1. The Bertz CT molecular complexity index is 2430. The lowest BCUT2D eigenvalue weighted by molar-refractivity contribution is -0.142. The Morgan fingerprint density at radius 3 is 1.77 bits per heavy atom. The van der Waals surface area contributed by atoms with Crippen molar-refractivity contribution in [1.82, 2.24) is 45.3 Å². The highest BCUT2D eigenvalue weighted by Gasteiger charge is 2.43. The van der Waals surface area contributed by atoms with E-state index in [-0.39, 0.29) is 67.1 Å². The third-order valence-electron chi connectivity index (χ3n) is 13.2. The van der Waals surface area contributed by atoms with Crippen LogP contribution in [-0.4, -0.2) is 110 Å². The number of H-pyrrole nitrogens is 2. The van der Waals surface area contributed by atoms with Crippen LogP contribution in [0.4, 0.5) is 44.3 Å². The van der Waals surface area contributed by atoms with Crippen molar-refractivity contribution in [2.24, 2.45) is 0 Å². The number of rotatable bonds is 4. The number of fused-ring (bicyclic) bond motifs is 2. The summed E-state index contributed by atoms with van der Waals surface area (Å²) in [5, 5.41) is 17.3. The molecule has 2 aromatic carbocycles. The molecule has 0 atom stereocenters. The number of carbonyl (C=O) groups excluding carboxylic acids is 3. The number of likely N-dealkylation sites (tertiary alicyclic amines) is 2. The molecule has 3 saturated heterocycles. The number of benzene rings is 2. The van der Waals surface area contributed by atoms with Gasteiger partial charge in [-0.05, 0) is 98.9 Å². The maximum absolute atomic E-state index is 14.1. The molecule has 4 aliphatic heterocycles. The van der Waals surface area contributed by atoms with Crippen molar-refractivity contribution < 1.29 is 53.9 Å². The van der Waals surface area contributed by atoms with Crippen molar-refractivity contribution in [3.8, 4) is 0 Å². The first-order valence-electron chi connectivity index (χ1n) is 21.8. The largest absolute Gasteiger partial charge is 0.419 e. The Labute approximate surface area is 367 Å². The highest BCUT2D eigenvalue weighted by molar-refractivity contribution is 5.95. The van der Waals surface area contributed by atoms with Gasteiger partial charge in [-0.2, -0.15) is 36.5 Å². The van der Waals surface area contributed by atoms with Gasteiger partial charge in [-0.25, -0.2) is 18.0 Å². The van der Waals surface area contributed by atoms with Crippen molar-refractivity contribution in [1.29, 1.82) is 0 Å². The van der Waals surface area contributed by atoms with E-state index < -0.39 is 52.8 Å². The van der Waals surface area contributed by atoms with Gasteiger partial charge in [0.25, 0.3) is 11.8 Å². The van der Waals surface area contributed by atoms with Crippen LogP contribution in [0.3, 0.4) is 0 Å². The monoisotopic (exact) mass is 921 g/mol. The summed E-state index contributed by atoms with van der Waals surface area (Å²) in [6, 6.07) is 3.93. The predicted octanol–water partition coefficient (Wildman–Crippen LogP) is 7.84. The summed E-state index contributed by atoms with van der Waals surface area (Å²) < 4.78 is 122. The molecule has 6 heterocycles. The van der Waals surface area contributed by atoms with Crippen LogP contribution in [-0.2, 0) is 38.3 Å². The number of nitrogens with one attached hydrogen (secondary N) is 3. The van der Waals surface area contributed by atoms with Gasteiger partial charge in [-0.3, -0.25) is 19.8 Å². The van der Waals surface area contributed by atoms with E-state index in [2.05, 4.69) is 25.7 Å². The van der Waals surface area contributed by atoms with Crippen LogP contribution in [0.25, 0.3) is 0 Å². The molecule has 3 fully saturated rings. The van der Waals surface area contributed by atoms with E-state index in [4.69, 9.17) is 0 Å². The van der Waals surface area contributed by atoms with Gasteiger partial charge in [0.1, 0.15) is 5.82 Å². The van der Waals surface area contributed by atoms with E-state index in [0.717, 1.165) is 62.2 Å². The summed E-state index contributed by atoms with van der Waals surface area (Å²) in [4.78, 5) is 45.5. The van der Waals surface area contributed by atoms with Crippen molar-refractivity contribution in [3.63, 3.8) is 0 Å². The first-order chi connectivity index (χ1) is 30.9. The van der Waals surface area contributed by atoms with Gasteiger partial charge in [0.15, 0.2) is 23.0 Å². The van der Waals surface area contributed by atoms with Crippen LogP contribution in [0.5, 0.6) is 0 Å². The second-order valence-corrected chi connectivity index (χ2v) is 17.3. The number of aromatic nitrogens is 4. The van der Waals surface area contributed by atoms with Gasteiger partial charge >= 0.3 is 18.4 Å². The summed E-state index contributed by atoms with van der Waals surface area (Å²) in [5.74, 6) is -6.32. The van der Waals surface area contributed by atoms with Crippen LogP contribution in [0.1, 0.15) is 122 Å². The number of aryl methyl sites for hydroxylation is 2. The summed E-state index contributed by atoms with van der Waals surface area (Å²) in [5.41, 5.74) is 1.38. The second-order valence-electron chi connectivity index (χ2n) is 17.3. The van der Waals surface area contributed by atoms with Crippen LogP contribution < -0.4 is 5.32 Å². The van der Waals surface area contributed by atoms with Crippen molar-refractivity contribution in [2.45, 2.75) is 95.6 Å². The third kappa shape index (κ3) is 9.42. The number of hydrogen-bond donors (Lipinski definition) is 3. The molecule has 9 rings (SSSR count). The fourth-order valence-electron chi connectivity index (χ4n) is 9.84. The molecule has 12 nitrogen and oxygen atoms in total. The number of alkyl halides is 6. The Hall–Kier alpha value is -5.60. The maximum Gasteiger partial charge on any atom is 0.419 e. The first kappa shape index (κ1) is 45.9. The van der Waals surface area contributed by atoms with Gasteiger partial charge in [0.05, 0.1) is 29.9 Å². The summed E-state index contributed by atoms with van der Waals surface area (Å²) >= 11 is 0. The predicted molar refractivity (Wildman–Crippen MR) is 216 cm³/mol. The molecule has 0 saturated carbocycles. The second kappa shape index (κ2) is 18.4. The molecule has 4 amide bonds. The van der Waals surface area contributed by atoms with E-state index in [9.17, 15) is 53.9 Å². The molecule has 0 unspecified atom stereocenters. The number of piperidine rings is 2. The van der Waals surface area contributed by atoms with Crippen molar-refractivity contribution in [3.05, 3.63) is 103 Å². The van der Waals surface area contributed by atoms with E-state index in [0.29, 0.717) is 74.1 Å². The molecule has 1 aliphatic carbocycles. The zero-order valence-corrected chi connectivity index (χ0v) is 35.5. The van der Waals surface area contributed by atoms with Gasteiger partial charge in [0, 0.05) is 69.2 Å². The fourth-order valence-corrected chi connectivity index (χ4v) is 9.84. The van der Waals surface area contributed by atoms with E-state index in [1.54, 1.807) is 21.6 Å². The van der Waals surface area contributed by atoms with Gasteiger partial charge < -0.3 is 24.9 Å². The number of carbonyl (C=O) groups is 3. The average molecular weight is 922 g/mol. The Morgan fingerprint density at radius 1 is 0.615 bits per heavy atom. The average Bonchev–Trinajstić information content (AvgIpc) is 4.02. The number of halogens is 9. The number of hydrogen-bond acceptors (Lipinski definition) is 6. The third-order valence-corrected chi connectivity index (χ3v) is 13.2. The van der Waals surface area contributed by atoms with E-state index in [1.165, 1.54) is 11.0 Å². The highest BCUT2D eigenvalue weighted by atomic mass is 19.4. The molecule has 0 spiro atoms. The van der Waals surface area contributed by atoms with Crippen molar-refractivity contribution >= 4 is 17.8 Å². The number of piperazine rings is 1. The lowest BCUT2D eigenvalue weighted by atomic mass is 9.85. The lowest BCUT2D eigenvalue weighted by Gasteiger charge is -2.33. The summed E-state index contributed by atoms with van der Waals surface area (Å²) in [6.07, 6.45) is -4.91. The zero-order chi connectivity index (χ0) is 46.4. The van der Waals surface area contributed by atoms with Crippen molar-refractivity contribution in [2.75, 3.05) is 52.4 Å². The number of nitrogens with zero attached hydrogens (tertiary/aromatic N) is 6. The van der Waals surface area contributed by atoms with Gasteiger partial charge in [0.2, 0.25) is 0 Å². The molecule has 65 heavy (non-hydrogen) atoms. The molecule has 21 heteroatoms. The van der Waals surface area contributed by atoms with Crippen LogP contribution in [0.2, 0.25) is 0 Å². The Kier molecular flexibility index (Phi) is 13.0. The first-order valence-corrected chi connectivity index (χ1v) is 21.8. The van der Waals surface area contributed by atoms with E-state index in [1.807, 2.05) is 0 Å². The normalized spacial score (nSPS) is 18.6. The molecular weight excluding hydrogens is 874 g/mol. The molecule has 4 aromatic rings.